The van der Waals surface area contributed by atoms with Gasteiger partial charge in [0, 0.05) is 19.0 Å². The van der Waals surface area contributed by atoms with Crippen LogP contribution >= 0.6 is 12.2 Å². The molecule has 0 aliphatic carbocycles. The fraction of sp³-hybridized carbons (Fsp3) is 0.909. The van der Waals surface area contributed by atoms with Crippen LogP contribution in [0.15, 0.2) is 0 Å². The summed E-state index contributed by atoms with van der Waals surface area (Å²) in [7, 11) is -3.08. The van der Waals surface area contributed by atoms with Crippen molar-refractivity contribution in [1.82, 2.24) is 4.31 Å². The lowest BCUT2D eigenvalue weighted by Gasteiger charge is -2.30. The SMILES string of the molecule is CC(C)CCS(=O)(=O)N1CCC(C(N)=S)CC1. The van der Waals surface area contributed by atoms with E-state index in [1.807, 2.05) is 13.8 Å². The van der Waals surface area contributed by atoms with Crippen LogP contribution in [0.1, 0.15) is 33.1 Å². The molecule has 0 unspecified atom stereocenters. The first-order valence-corrected chi connectivity index (χ1v) is 8.12. The molecule has 0 atom stereocenters. The van der Waals surface area contributed by atoms with Crippen molar-refractivity contribution >= 4 is 27.2 Å². The number of rotatable bonds is 5. The van der Waals surface area contributed by atoms with Gasteiger partial charge in [0.1, 0.15) is 0 Å². The van der Waals surface area contributed by atoms with Gasteiger partial charge in [0.25, 0.3) is 0 Å². The predicted molar refractivity (Wildman–Crippen MR) is 74.3 cm³/mol. The zero-order valence-electron chi connectivity index (χ0n) is 10.6. The highest BCUT2D eigenvalue weighted by Crippen LogP contribution is 2.20. The molecular formula is C11H22N2O2S2. The third-order valence-electron chi connectivity index (χ3n) is 3.20. The van der Waals surface area contributed by atoms with Gasteiger partial charge in [-0.15, -0.1) is 0 Å². The molecule has 2 N–H and O–H groups in total. The van der Waals surface area contributed by atoms with Crippen LogP contribution in [0.4, 0.5) is 0 Å². The summed E-state index contributed by atoms with van der Waals surface area (Å²) in [4.78, 5) is 0.518. The van der Waals surface area contributed by atoms with E-state index in [2.05, 4.69) is 0 Å². The lowest BCUT2D eigenvalue weighted by atomic mass is 9.98. The van der Waals surface area contributed by atoms with Crippen LogP contribution in [0.3, 0.4) is 0 Å². The molecule has 6 heteroatoms. The summed E-state index contributed by atoms with van der Waals surface area (Å²) in [5.41, 5.74) is 5.58. The van der Waals surface area contributed by atoms with Crippen molar-refractivity contribution in [3.05, 3.63) is 0 Å². The smallest absolute Gasteiger partial charge is 0.214 e. The van der Waals surface area contributed by atoms with E-state index >= 15 is 0 Å². The molecule has 0 spiro atoms. The minimum Gasteiger partial charge on any atom is -0.393 e. The zero-order valence-corrected chi connectivity index (χ0v) is 12.2. The first-order valence-electron chi connectivity index (χ1n) is 6.10. The molecule has 0 bridgehead atoms. The maximum Gasteiger partial charge on any atom is 0.214 e. The quantitative estimate of drug-likeness (QED) is 0.771. The van der Waals surface area contributed by atoms with Crippen molar-refractivity contribution in [3.63, 3.8) is 0 Å². The average Bonchev–Trinajstić information content (AvgIpc) is 2.27. The lowest BCUT2D eigenvalue weighted by molar-refractivity contribution is 0.316. The van der Waals surface area contributed by atoms with Gasteiger partial charge in [-0.1, -0.05) is 26.1 Å². The van der Waals surface area contributed by atoms with Crippen LogP contribution in [0.2, 0.25) is 0 Å². The molecular weight excluding hydrogens is 256 g/mol. The maximum atomic E-state index is 12.0. The van der Waals surface area contributed by atoms with E-state index in [4.69, 9.17) is 18.0 Å². The van der Waals surface area contributed by atoms with E-state index in [9.17, 15) is 8.42 Å². The number of hydrogen-bond donors (Lipinski definition) is 1. The third-order valence-corrected chi connectivity index (χ3v) is 5.44. The number of nitrogens with two attached hydrogens (primary N) is 1. The molecule has 0 aromatic heterocycles. The Kier molecular flexibility index (Phi) is 5.34. The predicted octanol–water partition coefficient (Wildman–Crippen LogP) is 1.36. The summed E-state index contributed by atoms with van der Waals surface area (Å²) in [6.07, 6.45) is 2.24. The van der Waals surface area contributed by atoms with Crippen LogP contribution in [0, 0.1) is 11.8 Å². The minimum atomic E-state index is -3.08. The highest BCUT2D eigenvalue weighted by Gasteiger charge is 2.28. The average molecular weight is 278 g/mol. The standard InChI is InChI=1S/C11H22N2O2S2/c1-9(2)5-8-17(14,15)13-6-3-10(4-7-13)11(12)16/h9-10H,3-8H2,1-2H3,(H2,12,16). The second-order valence-corrected chi connectivity index (χ2v) is 7.63. The molecule has 1 aliphatic rings. The van der Waals surface area contributed by atoms with Crippen LogP contribution in [-0.2, 0) is 10.0 Å². The first kappa shape index (κ1) is 14.9. The zero-order chi connectivity index (χ0) is 13.1. The van der Waals surface area contributed by atoms with Gasteiger partial charge in [-0.2, -0.15) is 0 Å². The van der Waals surface area contributed by atoms with Gasteiger partial charge in [0.2, 0.25) is 10.0 Å². The van der Waals surface area contributed by atoms with Crippen molar-refractivity contribution in [2.45, 2.75) is 33.1 Å². The Balaban J connectivity index is 2.50. The highest BCUT2D eigenvalue weighted by molar-refractivity contribution is 7.89. The Morgan fingerprint density at radius 3 is 2.35 bits per heavy atom. The molecule has 1 saturated heterocycles. The second-order valence-electron chi connectivity index (χ2n) is 5.07. The summed E-state index contributed by atoms with van der Waals surface area (Å²) in [5, 5.41) is 0. The Morgan fingerprint density at radius 2 is 1.94 bits per heavy atom. The van der Waals surface area contributed by atoms with Gasteiger partial charge in [0.15, 0.2) is 0 Å². The molecule has 1 heterocycles. The van der Waals surface area contributed by atoms with Crippen LogP contribution in [0.5, 0.6) is 0 Å². The van der Waals surface area contributed by atoms with Crippen molar-refractivity contribution in [1.29, 1.82) is 0 Å². The first-order chi connectivity index (χ1) is 7.83. The largest absolute Gasteiger partial charge is 0.393 e. The molecule has 1 aliphatic heterocycles. The van der Waals surface area contributed by atoms with Gasteiger partial charge < -0.3 is 5.73 Å². The molecule has 0 aromatic carbocycles. The molecule has 0 aromatic rings. The van der Waals surface area contributed by atoms with Gasteiger partial charge in [-0.25, -0.2) is 12.7 Å². The lowest BCUT2D eigenvalue weighted by Crippen LogP contribution is -2.42. The molecule has 0 radical (unpaired) electrons. The van der Waals surface area contributed by atoms with E-state index < -0.39 is 10.0 Å². The van der Waals surface area contributed by atoms with Crippen molar-refractivity contribution in [2.24, 2.45) is 17.6 Å². The summed E-state index contributed by atoms with van der Waals surface area (Å²) < 4.78 is 25.6. The fourth-order valence-electron chi connectivity index (χ4n) is 1.93. The molecule has 1 rings (SSSR count). The topological polar surface area (TPSA) is 63.4 Å². The van der Waals surface area contributed by atoms with Crippen LogP contribution in [-0.4, -0.2) is 36.6 Å². The highest BCUT2D eigenvalue weighted by atomic mass is 32.2. The Hall–Kier alpha value is -0.200. The van der Waals surface area contributed by atoms with Crippen molar-refractivity contribution in [3.8, 4) is 0 Å². The number of sulfonamides is 1. The van der Waals surface area contributed by atoms with E-state index in [0.29, 0.717) is 24.0 Å². The molecule has 1 fully saturated rings. The van der Waals surface area contributed by atoms with Crippen LogP contribution in [0.25, 0.3) is 0 Å². The molecule has 0 saturated carbocycles. The third kappa shape index (κ3) is 4.52. The summed E-state index contributed by atoms with van der Waals surface area (Å²) in [6.45, 7) is 5.19. The van der Waals surface area contributed by atoms with Gasteiger partial charge in [-0.05, 0) is 25.2 Å². The Bertz CT molecular complexity index is 358. The summed E-state index contributed by atoms with van der Waals surface area (Å²) in [6, 6.07) is 0. The molecule has 4 nitrogen and oxygen atoms in total. The number of hydrogen-bond acceptors (Lipinski definition) is 3. The van der Waals surface area contributed by atoms with E-state index in [-0.39, 0.29) is 11.7 Å². The second kappa shape index (κ2) is 6.11. The minimum absolute atomic E-state index is 0.210. The van der Waals surface area contributed by atoms with Gasteiger partial charge >= 0.3 is 0 Å². The Labute approximate surface area is 110 Å². The summed E-state index contributed by atoms with van der Waals surface area (Å²) >= 11 is 4.94. The monoisotopic (exact) mass is 278 g/mol. The number of nitrogens with zero attached hydrogens (tertiary/aromatic N) is 1. The molecule has 0 amide bonds. The maximum absolute atomic E-state index is 12.0. The van der Waals surface area contributed by atoms with Crippen molar-refractivity contribution < 1.29 is 8.42 Å². The molecule has 17 heavy (non-hydrogen) atoms. The molecule has 100 valence electrons. The number of thiocarbonyl (C=S) groups is 1. The van der Waals surface area contributed by atoms with E-state index in [0.717, 1.165) is 19.3 Å². The van der Waals surface area contributed by atoms with Gasteiger partial charge in [0.05, 0.1) is 10.7 Å². The summed E-state index contributed by atoms with van der Waals surface area (Å²) in [5.74, 6) is 0.878. The Morgan fingerprint density at radius 1 is 1.41 bits per heavy atom. The number of piperidine rings is 1. The van der Waals surface area contributed by atoms with E-state index in [1.165, 1.54) is 0 Å². The van der Waals surface area contributed by atoms with E-state index in [1.54, 1.807) is 4.31 Å². The fourth-order valence-corrected chi connectivity index (χ4v) is 3.96. The van der Waals surface area contributed by atoms with Crippen LogP contribution < -0.4 is 5.73 Å². The normalized spacial score (nSPS) is 19.7. The van der Waals surface area contributed by atoms with Crippen molar-refractivity contribution in [2.75, 3.05) is 18.8 Å². The van der Waals surface area contributed by atoms with Gasteiger partial charge in [-0.3, -0.25) is 0 Å².